The number of methoxy groups -OCH3 is 3. The summed E-state index contributed by atoms with van der Waals surface area (Å²) >= 11 is 6.04. The maximum absolute atomic E-state index is 14.3. The Hall–Kier alpha value is -8.11. The molecule has 32 nitrogen and oxygen atoms in total. The number of hydrogen-bond acceptors (Lipinski definition) is 25. The summed E-state index contributed by atoms with van der Waals surface area (Å²) in [5.41, 5.74) is 0.240. The summed E-state index contributed by atoms with van der Waals surface area (Å²) in [4.78, 5) is 98.5. The van der Waals surface area contributed by atoms with Gasteiger partial charge in [-0.25, -0.2) is 54.9 Å². The molecule has 3 aromatic heterocycles. The van der Waals surface area contributed by atoms with Crippen LogP contribution in [0.3, 0.4) is 0 Å². The number of ether oxygens (including phenoxy) is 5. The fourth-order valence-electron chi connectivity index (χ4n) is 7.25. The number of allylic oxidation sites excluding steroid dienone is 1. The zero-order valence-electron chi connectivity index (χ0n) is 51.6. The van der Waals surface area contributed by atoms with Crippen LogP contribution in [0, 0.1) is 12.7 Å². The van der Waals surface area contributed by atoms with Crippen LogP contribution in [0.25, 0.3) is 0 Å². The summed E-state index contributed by atoms with van der Waals surface area (Å²) in [5, 5.41) is 13.5. The summed E-state index contributed by atoms with van der Waals surface area (Å²) in [5.74, 6) is -3.07. The third-order valence-corrected chi connectivity index (χ3v) is 16.7. The molecule has 42 heteroatoms. The first-order chi connectivity index (χ1) is 43.7. The highest BCUT2D eigenvalue weighted by molar-refractivity contribution is 7.94. The number of carboxylic acids is 1. The lowest BCUT2D eigenvalue weighted by atomic mass is 10.1. The standard InChI is InChI=1S/C17H17ClFNO4.C15H16F3N5O4S.C14H17N5O7S2.C3H8NO5P.C3H9S/c1-9(2)15-16(21)20(17(22)24-15)13-8-14(11(18)7-12(13)19)23-10-5-3-4-6-10;1-9-19-12(22-14(20-9)27-2)21-13(24)23-28(25,26)11-6-4-3-5-10(11)7-8-15(16,17)18;1-4-27(21,22)9-6-5-7-15-12(9)28(23,24)19-14(20)18-13-16-10(25-2)8-11(17-13)26-3;5-3(6)1-4-2-10(7,8)9;1-4(2)3/h7-8,10H,3-6H2,1-2H3;3-6H,7-8H2,1-2H3,(H2,19,20,21,22,23,24);5-8H,4H2,1-3H3,(H2,16,17,18,19,20);4H,1-2H2,(H,5,6)(H2,7,8,9);1-3H3/q;;;;+1/p-1. The van der Waals surface area contributed by atoms with Crippen molar-refractivity contribution in [1.29, 1.82) is 0 Å². The molecule has 7 N–H and O–H groups in total. The molecule has 1 aliphatic heterocycles. The van der Waals surface area contributed by atoms with Crippen LogP contribution in [-0.2, 0) is 66.1 Å². The highest BCUT2D eigenvalue weighted by Crippen LogP contribution is 2.38. The first kappa shape index (κ1) is 80.1. The van der Waals surface area contributed by atoms with E-state index in [0.717, 1.165) is 50.1 Å². The molecule has 7 rings (SSSR count). The summed E-state index contributed by atoms with van der Waals surface area (Å²) in [6.07, 6.45) is 3.77. The predicted molar refractivity (Wildman–Crippen MR) is 330 cm³/mol. The molecule has 0 bridgehead atoms. The van der Waals surface area contributed by atoms with Crippen molar-refractivity contribution in [1.82, 2.24) is 44.7 Å². The van der Waals surface area contributed by atoms with E-state index >= 15 is 0 Å². The van der Waals surface area contributed by atoms with Gasteiger partial charge in [-0.1, -0.05) is 36.7 Å². The number of carbonyl (C=O) groups excluding carboxylic acids is 4. The topological polar surface area (TPSA) is 455 Å². The minimum Gasteiger partial charge on any atom is -0.778 e. The summed E-state index contributed by atoms with van der Waals surface area (Å²) in [6, 6.07) is 8.61. The molecular formula is C52H66ClF4N12O20PS4. The van der Waals surface area contributed by atoms with E-state index < -0.39 is 120 Å². The smallest absolute Gasteiger partial charge is 0.427 e. The van der Waals surface area contributed by atoms with Gasteiger partial charge in [0.2, 0.25) is 23.7 Å². The van der Waals surface area contributed by atoms with E-state index in [1.807, 2.05) is 5.32 Å². The van der Waals surface area contributed by atoms with Crippen molar-refractivity contribution in [3.63, 3.8) is 0 Å². The number of pyridine rings is 1. The first-order valence-corrected chi connectivity index (χ1v) is 35.9. The zero-order valence-corrected chi connectivity index (χ0v) is 56.5. The number of carbonyl (C=O) groups is 5. The number of nitrogens with zero attached hydrogens (tertiary/aromatic N) is 7. The lowest BCUT2D eigenvalue weighted by Crippen LogP contribution is -2.36. The van der Waals surface area contributed by atoms with Crippen molar-refractivity contribution in [2.75, 3.05) is 74.2 Å². The summed E-state index contributed by atoms with van der Waals surface area (Å²) in [6.45, 7) is 5.65. The number of amides is 6. The number of rotatable bonds is 20. The second-order valence-corrected chi connectivity index (χ2v) is 29.4. The van der Waals surface area contributed by atoms with Gasteiger partial charge in [-0.2, -0.15) is 46.5 Å². The second kappa shape index (κ2) is 36.0. The largest absolute Gasteiger partial charge is 0.778 e. The Kier molecular flexibility index (Phi) is 30.7. The van der Waals surface area contributed by atoms with Crippen molar-refractivity contribution in [2.24, 2.45) is 0 Å². The second-order valence-electron chi connectivity index (χ2n) is 19.5. The average Bonchev–Trinajstić information content (AvgIpc) is 1.42. The number of urea groups is 2. The molecule has 2 aliphatic rings. The highest BCUT2D eigenvalue weighted by Gasteiger charge is 2.41. The molecule has 5 aromatic rings. The molecular weight excluding hydrogens is 1380 g/mol. The molecule has 1 unspecified atom stereocenters. The van der Waals surface area contributed by atoms with Gasteiger partial charge < -0.3 is 43.1 Å². The van der Waals surface area contributed by atoms with Crippen LogP contribution >= 0.6 is 19.2 Å². The number of aryl methyl sites for hydroxylation is 2. The van der Waals surface area contributed by atoms with E-state index in [9.17, 15) is 76.2 Å². The molecule has 0 radical (unpaired) electrons. The van der Waals surface area contributed by atoms with Gasteiger partial charge in [0, 0.05) is 18.7 Å². The predicted octanol–water partition coefficient (Wildman–Crippen LogP) is 5.62. The molecule has 1 saturated heterocycles. The number of sulfonamides is 2. The number of nitrogens with one attached hydrogen (secondary N) is 5. The van der Waals surface area contributed by atoms with Gasteiger partial charge in [-0.05, 0) is 99.2 Å². The van der Waals surface area contributed by atoms with Crippen LogP contribution in [0.5, 0.6) is 23.5 Å². The third-order valence-electron chi connectivity index (χ3n) is 11.2. The van der Waals surface area contributed by atoms with Gasteiger partial charge in [0.05, 0.1) is 86.5 Å². The van der Waals surface area contributed by atoms with Gasteiger partial charge in [0.25, 0.3) is 20.0 Å². The number of aromatic nitrogens is 6. The maximum atomic E-state index is 14.3. The van der Waals surface area contributed by atoms with Crippen molar-refractivity contribution >= 4 is 108 Å². The maximum Gasteiger partial charge on any atom is 0.427 e. The van der Waals surface area contributed by atoms with Crippen LogP contribution in [0.4, 0.5) is 49.5 Å². The Morgan fingerprint density at radius 1 is 0.840 bits per heavy atom. The minimum atomic E-state index is -4.61. The first-order valence-electron chi connectivity index (χ1n) is 26.7. The quantitative estimate of drug-likeness (QED) is 0.0215. The van der Waals surface area contributed by atoms with Crippen molar-refractivity contribution < 1.29 is 110 Å². The Balaban J connectivity index is 0.000000334. The van der Waals surface area contributed by atoms with E-state index in [1.54, 1.807) is 23.3 Å². The summed E-state index contributed by atoms with van der Waals surface area (Å²) in [7, 11) is -12.7. The van der Waals surface area contributed by atoms with Gasteiger partial charge in [-0.3, -0.25) is 25.5 Å². The van der Waals surface area contributed by atoms with E-state index in [-0.39, 0.29) is 75.1 Å². The van der Waals surface area contributed by atoms with E-state index in [0.29, 0.717) is 21.4 Å². The van der Waals surface area contributed by atoms with Crippen LogP contribution < -0.4 is 54.1 Å². The number of anilines is 3. The Bertz CT molecular complexity index is 3920. The van der Waals surface area contributed by atoms with Crippen LogP contribution in [0.2, 0.25) is 5.02 Å². The van der Waals surface area contributed by atoms with Gasteiger partial charge in [-0.15, -0.1) is 0 Å². The summed E-state index contributed by atoms with van der Waals surface area (Å²) < 4.78 is 164. The number of hydrogen-bond donors (Lipinski definition) is 7. The Morgan fingerprint density at radius 2 is 1.39 bits per heavy atom. The molecule has 94 heavy (non-hydrogen) atoms. The average molecular weight is 1450 g/mol. The lowest BCUT2D eigenvalue weighted by molar-refractivity contribution is -0.193. The number of imide groups is 1. The molecule has 2 fully saturated rings. The number of cyclic esters (lactones) is 1. The van der Waals surface area contributed by atoms with Gasteiger partial charge >= 0.3 is 42.2 Å². The van der Waals surface area contributed by atoms with E-state index in [2.05, 4.69) is 59.3 Å². The molecule has 2 aromatic carbocycles. The molecule has 1 aliphatic carbocycles. The van der Waals surface area contributed by atoms with E-state index in [4.69, 9.17) is 45.3 Å². The lowest BCUT2D eigenvalue weighted by Gasteiger charge is -2.18. The van der Waals surface area contributed by atoms with Crippen LogP contribution in [-0.4, -0.2) is 166 Å². The molecule has 0 spiro atoms. The number of aliphatic carboxylic acids is 1. The van der Waals surface area contributed by atoms with Crippen molar-refractivity contribution in [3.8, 4) is 23.5 Å². The third kappa shape index (κ3) is 26.7. The minimum absolute atomic E-state index is 0.00962. The monoisotopic (exact) mass is 1450 g/mol. The highest BCUT2D eigenvalue weighted by atomic mass is 35.5. The fourth-order valence-corrected chi connectivity index (χ4v) is 11.6. The van der Waals surface area contributed by atoms with Crippen molar-refractivity contribution in [3.05, 3.63) is 94.4 Å². The Morgan fingerprint density at radius 3 is 1.90 bits per heavy atom. The molecule has 1 atom stereocenters. The van der Waals surface area contributed by atoms with Crippen molar-refractivity contribution in [2.45, 2.75) is 93.3 Å². The molecule has 518 valence electrons. The zero-order chi connectivity index (χ0) is 71.1. The molecule has 6 amide bonds. The SMILES string of the molecule is CC(C)=C1OC(=O)N(c2cc(OC3CCCC3)c(Cl)cc2F)C1=O.CCS(=O)(=O)c1cccnc1S(=O)(=O)NC(=O)Nc1nc(OC)cc(OC)n1.COc1nc(C)nc(NC(=O)NS(=O)(=O)c2ccccc2CCC(F)(F)F)n1.C[S+](C)C.O=C(O)CNCP(=O)([O-])O. The Labute approximate surface area is 544 Å². The van der Waals surface area contributed by atoms with Gasteiger partial charge in [0.15, 0.2) is 20.6 Å². The van der Waals surface area contributed by atoms with E-state index in [1.165, 1.54) is 71.6 Å². The number of carboxylic acid groups (broad SMARTS) is 1. The fraction of sp³-hybridized carbons (Fsp3) is 0.404. The normalized spacial score (nSPS) is 13.7. The molecule has 1 saturated carbocycles. The number of sulfone groups is 1. The van der Waals surface area contributed by atoms with Gasteiger partial charge in [0.1, 0.15) is 29.9 Å². The number of alkyl halides is 3. The van der Waals surface area contributed by atoms with Crippen LogP contribution in [0.15, 0.2) is 86.9 Å². The van der Waals surface area contributed by atoms with Crippen LogP contribution in [0.1, 0.15) is 64.3 Å². The number of benzene rings is 2. The number of halogens is 5. The molecule has 4 heterocycles.